The molecule has 8 heteroatoms. The molecule has 7 nitrogen and oxygen atoms in total. The van der Waals surface area contributed by atoms with Gasteiger partial charge in [-0.2, -0.15) is 0 Å². The highest BCUT2D eigenvalue weighted by Crippen LogP contribution is 2.35. The van der Waals surface area contributed by atoms with Gasteiger partial charge in [-0.3, -0.25) is 14.9 Å². The highest BCUT2D eigenvalue weighted by molar-refractivity contribution is 7.15. The summed E-state index contributed by atoms with van der Waals surface area (Å²) in [5, 5.41) is 13.1. The van der Waals surface area contributed by atoms with Crippen LogP contribution >= 0.6 is 11.3 Å². The van der Waals surface area contributed by atoms with Gasteiger partial charge >= 0.3 is 0 Å². The zero-order chi connectivity index (χ0) is 20.7. The smallest absolute Gasteiger partial charge is 0.273 e. The fourth-order valence-corrected chi connectivity index (χ4v) is 5.19. The van der Waals surface area contributed by atoms with E-state index in [-0.39, 0.29) is 17.9 Å². The van der Waals surface area contributed by atoms with Crippen LogP contribution in [0.15, 0.2) is 24.3 Å². The fraction of sp³-hybridized carbons (Fsp3) is 0.409. The summed E-state index contributed by atoms with van der Waals surface area (Å²) in [6.07, 6.45) is 6.32. The molecule has 1 fully saturated rings. The molecule has 1 aliphatic heterocycles. The van der Waals surface area contributed by atoms with Gasteiger partial charge in [0.2, 0.25) is 5.13 Å². The van der Waals surface area contributed by atoms with Crippen LogP contribution in [0.1, 0.15) is 70.4 Å². The molecule has 2 aromatic heterocycles. The Kier molecular flexibility index (Phi) is 4.94. The molecule has 2 amide bonds. The molecule has 1 aliphatic carbocycles. The highest BCUT2D eigenvalue weighted by Gasteiger charge is 2.38. The van der Waals surface area contributed by atoms with Gasteiger partial charge in [0.1, 0.15) is 10.7 Å². The maximum atomic E-state index is 13.3. The first-order chi connectivity index (χ1) is 14.7. The number of rotatable bonds is 4. The molecule has 3 aromatic rings. The number of fused-ring (bicyclic) bond motifs is 2. The number of hydrogen-bond acceptors (Lipinski definition) is 6. The van der Waals surface area contributed by atoms with E-state index in [1.807, 2.05) is 36.1 Å². The number of para-hydroxylation sites is 1. The quantitative estimate of drug-likeness (QED) is 0.682. The number of hydrogen-bond donors (Lipinski definition) is 1. The molecule has 2 aliphatic rings. The maximum absolute atomic E-state index is 13.3. The van der Waals surface area contributed by atoms with Crippen LogP contribution in [0.2, 0.25) is 0 Å². The van der Waals surface area contributed by atoms with Gasteiger partial charge < -0.3 is 4.90 Å². The molecule has 1 N–H and O–H groups in total. The summed E-state index contributed by atoms with van der Waals surface area (Å²) in [7, 11) is 0. The molecule has 1 saturated carbocycles. The number of aromatic nitrogens is 3. The summed E-state index contributed by atoms with van der Waals surface area (Å²) in [6, 6.07) is 7.74. The lowest BCUT2D eigenvalue weighted by Crippen LogP contribution is -2.37. The minimum atomic E-state index is -0.262. The van der Waals surface area contributed by atoms with Crippen LogP contribution in [0.5, 0.6) is 0 Å². The Morgan fingerprint density at radius 3 is 2.77 bits per heavy atom. The van der Waals surface area contributed by atoms with Crippen molar-refractivity contribution in [2.45, 2.75) is 58.0 Å². The minimum absolute atomic E-state index is 0.0547. The molecule has 0 bridgehead atoms. The van der Waals surface area contributed by atoms with E-state index in [1.165, 1.54) is 17.8 Å². The highest BCUT2D eigenvalue weighted by atomic mass is 32.1. The molecular formula is C22H23N5O2S. The lowest BCUT2D eigenvalue weighted by molar-refractivity contribution is 0.0655. The molecule has 154 valence electrons. The van der Waals surface area contributed by atoms with Crippen molar-refractivity contribution in [1.82, 2.24) is 20.1 Å². The molecule has 5 rings (SSSR count). The third-order valence-electron chi connectivity index (χ3n) is 6.02. The van der Waals surface area contributed by atoms with E-state index < -0.39 is 0 Å². The maximum Gasteiger partial charge on any atom is 0.273 e. The fourth-order valence-electron chi connectivity index (χ4n) is 4.51. The Morgan fingerprint density at radius 1 is 1.20 bits per heavy atom. The molecule has 0 unspecified atom stereocenters. The van der Waals surface area contributed by atoms with Crippen molar-refractivity contribution in [3.63, 3.8) is 0 Å². The lowest BCUT2D eigenvalue weighted by atomic mass is 9.94. The third kappa shape index (κ3) is 3.25. The molecule has 0 radical (unpaired) electrons. The number of carbonyl (C=O) groups excluding carboxylic acids is 2. The van der Waals surface area contributed by atoms with Crippen LogP contribution in [0.3, 0.4) is 0 Å². The zero-order valence-electron chi connectivity index (χ0n) is 16.9. The number of aryl methyl sites for hydroxylation is 1. The standard InChI is InChI=1S/C22H23N5O2S/c1-2-17-25-26-22(30-17)24-20(28)18-14-10-6-7-11-16(14)23-19-15(18)12-27(21(19)29)13-8-4-3-5-9-13/h6-7,10-11,13H,2-5,8-9,12H2,1H3,(H,24,26,28). The first-order valence-corrected chi connectivity index (χ1v) is 11.3. The second kappa shape index (κ2) is 7.75. The summed E-state index contributed by atoms with van der Waals surface area (Å²) in [4.78, 5) is 33.1. The lowest BCUT2D eigenvalue weighted by Gasteiger charge is -2.30. The average molecular weight is 422 g/mol. The SMILES string of the molecule is CCc1nnc(NC(=O)c2c3c(nc4ccccc24)C(=O)N(C2CCCCC2)C3)s1. The average Bonchev–Trinajstić information content (AvgIpc) is 3.37. The van der Waals surface area contributed by atoms with Crippen molar-refractivity contribution in [3.8, 4) is 0 Å². The molecule has 0 atom stereocenters. The summed E-state index contributed by atoms with van der Waals surface area (Å²) >= 11 is 1.37. The first kappa shape index (κ1) is 19.1. The van der Waals surface area contributed by atoms with Crippen molar-refractivity contribution in [1.29, 1.82) is 0 Å². The third-order valence-corrected chi connectivity index (χ3v) is 7.00. The second-order valence-electron chi connectivity index (χ2n) is 7.86. The predicted molar refractivity (Wildman–Crippen MR) is 116 cm³/mol. The van der Waals surface area contributed by atoms with Crippen LogP contribution in [-0.4, -0.2) is 37.9 Å². The second-order valence-corrected chi connectivity index (χ2v) is 8.93. The van der Waals surface area contributed by atoms with Crippen molar-refractivity contribution >= 4 is 39.2 Å². The van der Waals surface area contributed by atoms with Gasteiger partial charge in [0.25, 0.3) is 11.8 Å². The van der Waals surface area contributed by atoms with Crippen LogP contribution < -0.4 is 5.32 Å². The first-order valence-electron chi connectivity index (χ1n) is 10.5. The van der Waals surface area contributed by atoms with Gasteiger partial charge in [-0.05, 0) is 25.3 Å². The summed E-state index contributed by atoms with van der Waals surface area (Å²) in [5.74, 6) is -0.317. The van der Waals surface area contributed by atoms with E-state index in [0.29, 0.717) is 28.5 Å². The number of amides is 2. The molecule has 0 spiro atoms. The summed E-state index contributed by atoms with van der Waals surface area (Å²) in [6.45, 7) is 2.44. The number of nitrogens with zero attached hydrogens (tertiary/aromatic N) is 4. The molecule has 3 heterocycles. The van der Waals surface area contributed by atoms with E-state index in [9.17, 15) is 9.59 Å². The summed E-state index contributed by atoms with van der Waals surface area (Å²) in [5.41, 5.74) is 2.32. The van der Waals surface area contributed by atoms with E-state index in [0.717, 1.165) is 48.1 Å². The van der Waals surface area contributed by atoms with Crippen molar-refractivity contribution in [3.05, 3.63) is 46.1 Å². The van der Waals surface area contributed by atoms with E-state index in [4.69, 9.17) is 0 Å². The largest absolute Gasteiger partial charge is 0.330 e. The molecule has 1 aromatic carbocycles. The van der Waals surface area contributed by atoms with Crippen molar-refractivity contribution < 1.29 is 9.59 Å². The van der Waals surface area contributed by atoms with Gasteiger partial charge in [0, 0.05) is 23.5 Å². The Labute approximate surface area is 178 Å². The van der Waals surface area contributed by atoms with E-state index in [2.05, 4.69) is 20.5 Å². The normalized spacial score (nSPS) is 16.8. The van der Waals surface area contributed by atoms with Gasteiger partial charge in [-0.15, -0.1) is 10.2 Å². The van der Waals surface area contributed by atoms with E-state index >= 15 is 0 Å². The molecular weight excluding hydrogens is 398 g/mol. The zero-order valence-corrected chi connectivity index (χ0v) is 17.7. The van der Waals surface area contributed by atoms with Gasteiger partial charge in [-0.1, -0.05) is 55.7 Å². The molecule has 30 heavy (non-hydrogen) atoms. The Hall–Kier alpha value is -2.87. The van der Waals surface area contributed by atoms with Gasteiger partial charge in [0.05, 0.1) is 11.1 Å². The number of carbonyl (C=O) groups is 2. The van der Waals surface area contributed by atoms with Crippen molar-refractivity contribution in [2.75, 3.05) is 5.32 Å². The Balaban J connectivity index is 1.56. The topological polar surface area (TPSA) is 88.1 Å². The number of nitrogens with one attached hydrogen (secondary N) is 1. The van der Waals surface area contributed by atoms with Crippen LogP contribution in [-0.2, 0) is 13.0 Å². The number of benzene rings is 1. The molecule has 0 saturated heterocycles. The van der Waals surface area contributed by atoms with Crippen molar-refractivity contribution in [2.24, 2.45) is 0 Å². The Morgan fingerprint density at radius 2 is 2.00 bits per heavy atom. The van der Waals surface area contributed by atoms with Gasteiger partial charge in [0.15, 0.2) is 0 Å². The summed E-state index contributed by atoms with van der Waals surface area (Å²) < 4.78 is 0. The monoisotopic (exact) mass is 421 g/mol. The Bertz CT molecular complexity index is 1140. The van der Waals surface area contributed by atoms with Crippen LogP contribution in [0.25, 0.3) is 10.9 Å². The van der Waals surface area contributed by atoms with E-state index in [1.54, 1.807) is 0 Å². The van der Waals surface area contributed by atoms with Crippen LogP contribution in [0, 0.1) is 0 Å². The minimum Gasteiger partial charge on any atom is -0.330 e. The van der Waals surface area contributed by atoms with Crippen LogP contribution in [0.4, 0.5) is 5.13 Å². The number of pyridine rings is 1. The number of anilines is 1. The van der Waals surface area contributed by atoms with Gasteiger partial charge in [-0.25, -0.2) is 4.98 Å². The predicted octanol–water partition coefficient (Wildman–Crippen LogP) is 4.19.